The smallest absolute Gasteiger partial charge is 0.261 e. The van der Waals surface area contributed by atoms with Gasteiger partial charge in [0.1, 0.15) is 0 Å². The average Bonchev–Trinajstić information content (AvgIpc) is 2.79. The van der Waals surface area contributed by atoms with Gasteiger partial charge in [0.15, 0.2) is 0 Å². The van der Waals surface area contributed by atoms with E-state index in [1.807, 2.05) is 0 Å². The number of amides is 1. The number of rotatable bonds is 4. The quantitative estimate of drug-likeness (QED) is 0.837. The van der Waals surface area contributed by atoms with E-state index in [0.717, 1.165) is 23.0 Å². The van der Waals surface area contributed by atoms with Crippen LogP contribution in [0, 0.1) is 5.92 Å². The molecule has 1 N–H and O–H groups in total. The molecule has 1 aromatic rings. The number of alkyl halides is 1. The van der Waals surface area contributed by atoms with E-state index in [1.165, 1.54) is 23.3 Å². The van der Waals surface area contributed by atoms with E-state index in [1.54, 1.807) is 11.3 Å². The van der Waals surface area contributed by atoms with Gasteiger partial charge >= 0.3 is 0 Å². The maximum absolute atomic E-state index is 12.2. The zero-order valence-corrected chi connectivity index (χ0v) is 13.4. The van der Waals surface area contributed by atoms with E-state index in [4.69, 9.17) is 0 Å². The highest BCUT2D eigenvalue weighted by Gasteiger charge is 2.20. The molecular formula is C14H20BrNOS. The van der Waals surface area contributed by atoms with Crippen molar-refractivity contribution in [3.05, 3.63) is 21.4 Å². The van der Waals surface area contributed by atoms with E-state index >= 15 is 0 Å². The summed E-state index contributed by atoms with van der Waals surface area (Å²) in [5, 5.41) is 3.92. The Balaban J connectivity index is 2.06. The normalized spacial score (nSPS) is 16.4. The maximum atomic E-state index is 12.2. The van der Waals surface area contributed by atoms with Crippen LogP contribution in [-0.4, -0.2) is 17.3 Å². The van der Waals surface area contributed by atoms with Gasteiger partial charge < -0.3 is 5.32 Å². The summed E-state index contributed by atoms with van der Waals surface area (Å²) in [6.45, 7) is 4.26. The summed E-state index contributed by atoms with van der Waals surface area (Å²) in [5.41, 5.74) is 1.40. The Labute approximate surface area is 121 Å². The Bertz CT molecular complexity index is 404. The lowest BCUT2D eigenvalue weighted by molar-refractivity contribution is 0.0936. The minimum Gasteiger partial charge on any atom is -0.348 e. The molecule has 1 aromatic heterocycles. The van der Waals surface area contributed by atoms with Gasteiger partial charge in [0.25, 0.3) is 5.91 Å². The second kappa shape index (κ2) is 6.20. The van der Waals surface area contributed by atoms with E-state index in [2.05, 4.69) is 41.2 Å². The van der Waals surface area contributed by atoms with E-state index < -0.39 is 0 Å². The summed E-state index contributed by atoms with van der Waals surface area (Å²) in [4.78, 5) is 14.5. The van der Waals surface area contributed by atoms with Gasteiger partial charge in [0.2, 0.25) is 0 Å². The molecule has 0 spiro atoms. The van der Waals surface area contributed by atoms with Gasteiger partial charge in [-0.05, 0) is 43.2 Å². The number of carbonyl (C=O) groups excluding carboxylic acids is 1. The van der Waals surface area contributed by atoms with Crippen LogP contribution in [0.1, 0.15) is 46.8 Å². The number of hydrogen-bond donors (Lipinski definition) is 1. The number of nitrogens with one attached hydrogen (secondary N) is 1. The molecule has 0 aromatic carbocycles. The van der Waals surface area contributed by atoms with Crippen molar-refractivity contribution < 1.29 is 4.79 Å². The lowest BCUT2D eigenvalue weighted by atomic mass is 9.99. The Morgan fingerprint density at radius 3 is 2.78 bits per heavy atom. The first-order chi connectivity index (χ1) is 8.61. The van der Waals surface area contributed by atoms with E-state index in [0.29, 0.717) is 5.92 Å². The molecule has 0 saturated heterocycles. The highest BCUT2D eigenvalue weighted by molar-refractivity contribution is 9.09. The molecular weight excluding hydrogens is 310 g/mol. The Morgan fingerprint density at radius 1 is 1.44 bits per heavy atom. The predicted molar refractivity (Wildman–Crippen MR) is 80.8 cm³/mol. The van der Waals surface area contributed by atoms with Gasteiger partial charge in [-0.25, -0.2) is 0 Å². The lowest BCUT2D eigenvalue weighted by Gasteiger charge is -2.19. The van der Waals surface area contributed by atoms with Gasteiger partial charge in [0.05, 0.1) is 4.88 Å². The van der Waals surface area contributed by atoms with Gasteiger partial charge in [-0.1, -0.05) is 29.8 Å². The largest absolute Gasteiger partial charge is 0.348 e. The summed E-state index contributed by atoms with van der Waals surface area (Å²) in [7, 11) is 0. The van der Waals surface area contributed by atoms with Crippen molar-refractivity contribution in [2.24, 2.45) is 5.92 Å². The van der Waals surface area contributed by atoms with Crippen LogP contribution < -0.4 is 5.32 Å². The van der Waals surface area contributed by atoms with E-state index in [-0.39, 0.29) is 11.9 Å². The van der Waals surface area contributed by atoms with Crippen molar-refractivity contribution in [1.82, 2.24) is 5.32 Å². The van der Waals surface area contributed by atoms with Crippen LogP contribution >= 0.6 is 27.3 Å². The SMILES string of the molecule is CC(C)C(CBr)NC(=O)c1cc2c(s1)CCCC2. The molecule has 18 heavy (non-hydrogen) atoms. The highest BCUT2D eigenvalue weighted by atomic mass is 79.9. The molecule has 2 nitrogen and oxygen atoms in total. The fraction of sp³-hybridized carbons (Fsp3) is 0.643. The molecule has 1 amide bonds. The van der Waals surface area contributed by atoms with Gasteiger partial charge in [0, 0.05) is 16.2 Å². The zero-order valence-electron chi connectivity index (χ0n) is 11.0. The van der Waals surface area contributed by atoms with Crippen LogP contribution in [0.15, 0.2) is 6.07 Å². The first-order valence-electron chi connectivity index (χ1n) is 6.60. The monoisotopic (exact) mass is 329 g/mol. The molecule has 0 aliphatic heterocycles. The molecule has 1 atom stereocenters. The van der Waals surface area contributed by atoms with Crippen LogP contribution in [0.4, 0.5) is 0 Å². The number of carbonyl (C=O) groups is 1. The Hall–Kier alpha value is -0.350. The number of hydrogen-bond acceptors (Lipinski definition) is 2. The van der Waals surface area contributed by atoms with Gasteiger partial charge in [-0.2, -0.15) is 0 Å². The molecule has 0 saturated carbocycles. The zero-order chi connectivity index (χ0) is 13.1. The van der Waals surface area contributed by atoms with Crippen LogP contribution in [-0.2, 0) is 12.8 Å². The minimum absolute atomic E-state index is 0.0903. The van der Waals surface area contributed by atoms with Crippen LogP contribution in [0.5, 0.6) is 0 Å². The Morgan fingerprint density at radius 2 is 2.17 bits per heavy atom. The fourth-order valence-corrected chi connectivity index (χ4v) is 4.29. The highest BCUT2D eigenvalue weighted by Crippen LogP contribution is 2.29. The average molecular weight is 330 g/mol. The maximum Gasteiger partial charge on any atom is 0.261 e. The van der Waals surface area contributed by atoms with Crippen molar-refractivity contribution in [3.8, 4) is 0 Å². The number of fused-ring (bicyclic) bond motifs is 1. The summed E-state index contributed by atoms with van der Waals surface area (Å²) < 4.78 is 0. The van der Waals surface area contributed by atoms with Crippen molar-refractivity contribution in [2.45, 2.75) is 45.6 Å². The molecule has 2 rings (SSSR count). The number of halogens is 1. The van der Waals surface area contributed by atoms with Crippen molar-refractivity contribution in [1.29, 1.82) is 0 Å². The number of thiophene rings is 1. The standard InChI is InChI=1S/C14H20BrNOS/c1-9(2)11(8-15)16-14(17)13-7-10-5-3-4-6-12(10)18-13/h7,9,11H,3-6,8H2,1-2H3,(H,16,17). The third-order valence-corrected chi connectivity index (χ3v) is 5.44. The summed E-state index contributed by atoms with van der Waals surface area (Å²) >= 11 is 5.14. The second-order valence-electron chi connectivity index (χ2n) is 5.24. The molecule has 1 unspecified atom stereocenters. The molecule has 4 heteroatoms. The first-order valence-corrected chi connectivity index (χ1v) is 8.54. The summed E-state index contributed by atoms with van der Waals surface area (Å²) in [5.74, 6) is 0.537. The van der Waals surface area contributed by atoms with Crippen molar-refractivity contribution >= 4 is 33.2 Å². The molecule has 0 fully saturated rings. The number of aryl methyl sites for hydroxylation is 2. The van der Waals surface area contributed by atoms with Gasteiger partial charge in [-0.3, -0.25) is 4.79 Å². The molecule has 0 radical (unpaired) electrons. The molecule has 0 bridgehead atoms. The molecule has 1 aliphatic rings. The topological polar surface area (TPSA) is 29.1 Å². The van der Waals surface area contributed by atoms with E-state index in [9.17, 15) is 4.79 Å². The lowest BCUT2D eigenvalue weighted by Crippen LogP contribution is -2.39. The van der Waals surface area contributed by atoms with Crippen LogP contribution in [0.3, 0.4) is 0 Å². The van der Waals surface area contributed by atoms with Crippen LogP contribution in [0.2, 0.25) is 0 Å². The Kier molecular flexibility index (Phi) is 4.84. The minimum atomic E-state index is 0.0903. The third kappa shape index (κ3) is 3.15. The molecule has 1 heterocycles. The molecule has 1 aliphatic carbocycles. The molecule has 100 valence electrons. The third-order valence-electron chi connectivity index (χ3n) is 3.51. The van der Waals surface area contributed by atoms with Crippen molar-refractivity contribution in [2.75, 3.05) is 5.33 Å². The van der Waals surface area contributed by atoms with Crippen molar-refractivity contribution in [3.63, 3.8) is 0 Å². The fourth-order valence-electron chi connectivity index (χ4n) is 2.23. The summed E-state index contributed by atoms with van der Waals surface area (Å²) in [6, 6.07) is 2.30. The van der Waals surface area contributed by atoms with Gasteiger partial charge in [-0.15, -0.1) is 11.3 Å². The van der Waals surface area contributed by atoms with Crippen LogP contribution in [0.25, 0.3) is 0 Å². The second-order valence-corrected chi connectivity index (χ2v) is 7.03. The first kappa shape index (κ1) is 14.1. The predicted octanol–water partition coefficient (Wildman–Crippen LogP) is 3.78. The summed E-state index contributed by atoms with van der Waals surface area (Å²) in [6.07, 6.45) is 4.83.